The van der Waals surface area contributed by atoms with Crippen molar-refractivity contribution < 1.29 is 22.7 Å². The summed E-state index contributed by atoms with van der Waals surface area (Å²) in [5.41, 5.74) is 2.35. The van der Waals surface area contributed by atoms with E-state index in [1.54, 1.807) is 35.2 Å². The summed E-state index contributed by atoms with van der Waals surface area (Å²) in [5.74, 6) is 1.14. The van der Waals surface area contributed by atoms with Crippen molar-refractivity contribution in [1.82, 2.24) is 4.72 Å². The molecule has 1 atom stereocenters. The molecule has 9 heteroatoms. The summed E-state index contributed by atoms with van der Waals surface area (Å²) >= 11 is 3.37. The second-order valence-electron chi connectivity index (χ2n) is 6.87. The van der Waals surface area contributed by atoms with Crippen LogP contribution in [0.25, 0.3) is 0 Å². The molecule has 2 aliphatic heterocycles. The van der Waals surface area contributed by atoms with Crippen molar-refractivity contribution in [3.05, 3.63) is 45.9 Å². The smallest absolute Gasteiger partial charge is 0.242 e. The Labute approximate surface area is 171 Å². The fourth-order valence-corrected chi connectivity index (χ4v) is 5.74. The number of amides is 1. The first-order valence-corrected chi connectivity index (χ1v) is 11.0. The highest BCUT2D eigenvalue weighted by Crippen LogP contribution is 2.38. The molecule has 2 heterocycles. The normalized spacial score (nSPS) is 17.7. The monoisotopic (exact) mass is 466 g/mol. The third-order valence-electron chi connectivity index (χ3n) is 4.88. The highest BCUT2D eigenvalue weighted by atomic mass is 79.9. The van der Waals surface area contributed by atoms with E-state index in [1.807, 2.05) is 6.92 Å². The van der Waals surface area contributed by atoms with Crippen LogP contribution in [0.1, 0.15) is 25.0 Å². The van der Waals surface area contributed by atoms with E-state index in [1.165, 1.54) is 6.92 Å². The molecule has 1 N–H and O–H groups in total. The molecule has 7 nitrogen and oxygen atoms in total. The van der Waals surface area contributed by atoms with Crippen molar-refractivity contribution in [2.45, 2.75) is 37.8 Å². The molecule has 0 aromatic heterocycles. The number of nitrogens with zero attached hydrogens (tertiary/aromatic N) is 1. The summed E-state index contributed by atoms with van der Waals surface area (Å²) in [6.45, 7) is 3.70. The summed E-state index contributed by atoms with van der Waals surface area (Å²) < 4.78 is 39.5. The summed E-state index contributed by atoms with van der Waals surface area (Å²) in [5, 5.41) is 0. The number of anilines is 1. The van der Waals surface area contributed by atoms with E-state index in [9.17, 15) is 13.2 Å². The average molecular weight is 467 g/mol. The fourth-order valence-electron chi connectivity index (χ4n) is 3.61. The zero-order chi connectivity index (χ0) is 20.1. The minimum Gasteiger partial charge on any atom is -0.454 e. The topological polar surface area (TPSA) is 84.9 Å². The lowest BCUT2D eigenvalue weighted by atomic mass is 10.1. The summed E-state index contributed by atoms with van der Waals surface area (Å²) in [7, 11) is -3.80. The van der Waals surface area contributed by atoms with Gasteiger partial charge in [-0.05, 0) is 64.7 Å². The highest BCUT2D eigenvalue weighted by Gasteiger charge is 2.32. The van der Waals surface area contributed by atoms with Gasteiger partial charge < -0.3 is 14.4 Å². The molecular weight excluding hydrogens is 448 g/mol. The lowest BCUT2D eigenvalue weighted by molar-refractivity contribution is -0.116. The van der Waals surface area contributed by atoms with Gasteiger partial charge in [0.2, 0.25) is 22.7 Å². The van der Waals surface area contributed by atoms with Gasteiger partial charge >= 0.3 is 0 Å². The molecule has 2 aromatic rings. The van der Waals surface area contributed by atoms with Crippen molar-refractivity contribution in [2.75, 3.05) is 11.7 Å². The van der Waals surface area contributed by atoms with Crippen LogP contribution in [0.5, 0.6) is 11.5 Å². The minimum atomic E-state index is -3.80. The van der Waals surface area contributed by atoms with E-state index in [2.05, 4.69) is 20.7 Å². The maximum atomic E-state index is 12.9. The Morgan fingerprint density at radius 1 is 1.25 bits per heavy atom. The van der Waals surface area contributed by atoms with E-state index >= 15 is 0 Å². The minimum absolute atomic E-state index is 0.000976. The molecular formula is C19H19BrN2O5S. The van der Waals surface area contributed by atoms with E-state index in [0.717, 1.165) is 11.1 Å². The van der Waals surface area contributed by atoms with Crippen molar-refractivity contribution in [2.24, 2.45) is 0 Å². The molecule has 28 heavy (non-hydrogen) atoms. The average Bonchev–Trinajstić information content (AvgIpc) is 3.21. The number of halogens is 1. The third-order valence-corrected chi connectivity index (χ3v) is 7.24. The van der Waals surface area contributed by atoms with Gasteiger partial charge in [-0.3, -0.25) is 4.79 Å². The number of carbonyl (C=O) groups is 1. The van der Waals surface area contributed by atoms with E-state index in [0.29, 0.717) is 28.1 Å². The van der Waals surface area contributed by atoms with Gasteiger partial charge in [0.1, 0.15) is 0 Å². The second-order valence-corrected chi connectivity index (χ2v) is 9.46. The van der Waals surface area contributed by atoms with E-state index < -0.39 is 10.0 Å². The van der Waals surface area contributed by atoms with E-state index in [4.69, 9.17) is 9.47 Å². The van der Waals surface area contributed by atoms with E-state index in [-0.39, 0.29) is 30.2 Å². The molecule has 0 saturated heterocycles. The standard InChI is InChI=1S/C19H19BrN2O5S/c1-11-5-14-7-15(20)19(8-16(14)22(11)12(2)23)28(24,25)21-9-13-3-4-17-18(6-13)27-10-26-17/h3-4,6-8,11,21H,5,9-10H2,1-2H3/t11-/m0/s1. The number of sulfonamides is 1. The third kappa shape index (κ3) is 3.38. The van der Waals surface area contributed by atoms with Crippen molar-refractivity contribution >= 4 is 37.5 Å². The quantitative estimate of drug-likeness (QED) is 0.748. The highest BCUT2D eigenvalue weighted by molar-refractivity contribution is 9.10. The van der Waals surface area contributed by atoms with Crippen LogP contribution in [0.3, 0.4) is 0 Å². The first kappa shape index (κ1) is 19.2. The largest absolute Gasteiger partial charge is 0.454 e. The summed E-state index contributed by atoms with van der Waals surface area (Å²) in [6.07, 6.45) is 0.693. The van der Waals surface area contributed by atoms with Crippen LogP contribution in [0.15, 0.2) is 39.7 Å². The maximum Gasteiger partial charge on any atom is 0.242 e. The van der Waals surface area contributed by atoms with Crippen LogP contribution < -0.4 is 19.1 Å². The number of nitrogens with one attached hydrogen (secondary N) is 1. The predicted octanol–water partition coefficient (Wildman–Crippen LogP) is 2.95. The second kappa shape index (κ2) is 7.06. The molecule has 0 unspecified atom stereocenters. The summed E-state index contributed by atoms with van der Waals surface area (Å²) in [4.78, 5) is 13.7. The Morgan fingerprint density at radius 2 is 2.00 bits per heavy atom. The molecule has 0 radical (unpaired) electrons. The number of hydrogen-bond donors (Lipinski definition) is 1. The van der Waals surface area contributed by atoms with Crippen molar-refractivity contribution in [3.8, 4) is 11.5 Å². The summed E-state index contributed by atoms with van der Waals surface area (Å²) in [6, 6.07) is 8.63. The number of ether oxygens (including phenoxy) is 2. The predicted molar refractivity (Wildman–Crippen MR) is 107 cm³/mol. The van der Waals surface area contributed by atoms with Gasteiger partial charge in [0.25, 0.3) is 0 Å². The number of rotatable bonds is 4. The lowest BCUT2D eigenvalue weighted by Crippen LogP contribution is -2.33. The van der Waals surface area contributed by atoms with Crippen LogP contribution in [0.2, 0.25) is 0 Å². The zero-order valence-electron chi connectivity index (χ0n) is 15.4. The van der Waals surface area contributed by atoms with Gasteiger partial charge in [-0.1, -0.05) is 6.07 Å². The first-order chi connectivity index (χ1) is 13.3. The first-order valence-electron chi connectivity index (χ1n) is 8.76. The molecule has 148 valence electrons. The SMILES string of the molecule is CC(=O)N1c2cc(S(=O)(=O)NCc3ccc4c(c3)OCO4)c(Br)cc2C[C@@H]1C. The Kier molecular flexibility index (Phi) is 4.84. The number of carbonyl (C=O) groups excluding carboxylic acids is 1. The molecule has 0 fully saturated rings. The maximum absolute atomic E-state index is 12.9. The van der Waals surface area contributed by atoms with Crippen molar-refractivity contribution in [1.29, 1.82) is 0 Å². The molecule has 1 amide bonds. The van der Waals surface area contributed by atoms with Crippen LogP contribution in [0, 0.1) is 0 Å². The lowest BCUT2D eigenvalue weighted by Gasteiger charge is -2.21. The number of hydrogen-bond acceptors (Lipinski definition) is 5. The molecule has 4 rings (SSSR count). The Hall–Kier alpha value is -2.10. The Balaban J connectivity index is 1.60. The zero-order valence-corrected chi connectivity index (χ0v) is 17.8. The van der Waals surface area contributed by atoms with Gasteiger partial charge in [-0.2, -0.15) is 0 Å². The Bertz CT molecular complexity index is 1070. The molecule has 2 aromatic carbocycles. The van der Waals surface area contributed by atoms with Gasteiger partial charge in [-0.15, -0.1) is 0 Å². The fraction of sp³-hybridized carbons (Fsp3) is 0.316. The van der Waals surface area contributed by atoms with Crippen LogP contribution in [0.4, 0.5) is 5.69 Å². The van der Waals surface area contributed by atoms with Gasteiger partial charge in [0.05, 0.1) is 4.90 Å². The number of benzene rings is 2. The Morgan fingerprint density at radius 3 is 2.75 bits per heavy atom. The molecule has 0 saturated carbocycles. The number of fused-ring (bicyclic) bond motifs is 2. The molecule has 0 aliphatic carbocycles. The van der Waals surface area contributed by atoms with Gasteiger partial charge in [-0.25, -0.2) is 13.1 Å². The van der Waals surface area contributed by atoms with Crippen LogP contribution >= 0.6 is 15.9 Å². The molecule has 2 aliphatic rings. The van der Waals surface area contributed by atoms with Gasteiger partial charge in [0.15, 0.2) is 11.5 Å². The van der Waals surface area contributed by atoms with Gasteiger partial charge in [0, 0.05) is 29.7 Å². The van der Waals surface area contributed by atoms with Crippen LogP contribution in [-0.2, 0) is 27.8 Å². The molecule has 0 spiro atoms. The van der Waals surface area contributed by atoms with Crippen molar-refractivity contribution in [3.63, 3.8) is 0 Å². The molecule has 0 bridgehead atoms. The van der Waals surface area contributed by atoms with Crippen LogP contribution in [-0.4, -0.2) is 27.2 Å².